The van der Waals surface area contributed by atoms with Gasteiger partial charge in [0.1, 0.15) is 11.5 Å². The molecule has 0 saturated heterocycles. The molecule has 3 heterocycles. The van der Waals surface area contributed by atoms with Crippen molar-refractivity contribution in [1.29, 1.82) is 0 Å². The van der Waals surface area contributed by atoms with Gasteiger partial charge >= 0.3 is 0 Å². The van der Waals surface area contributed by atoms with Crippen molar-refractivity contribution in [2.45, 2.75) is 58.4 Å². The summed E-state index contributed by atoms with van der Waals surface area (Å²) in [5.74, 6) is 1.53. The average Bonchev–Trinajstić information content (AvgIpc) is 3.54. The Bertz CT molecular complexity index is 1370. The van der Waals surface area contributed by atoms with Gasteiger partial charge in [0.25, 0.3) is 5.89 Å². The summed E-state index contributed by atoms with van der Waals surface area (Å²) in [6.45, 7) is 4.80. The molecule has 1 aliphatic rings. The van der Waals surface area contributed by atoms with E-state index in [-0.39, 0.29) is 17.8 Å². The Labute approximate surface area is 210 Å². The summed E-state index contributed by atoms with van der Waals surface area (Å²) in [4.78, 5) is 6.93. The summed E-state index contributed by atoms with van der Waals surface area (Å²) in [6, 6.07) is 18.3. The van der Waals surface area contributed by atoms with Gasteiger partial charge in [0.05, 0.1) is 24.6 Å². The van der Waals surface area contributed by atoms with Crippen molar-refractivity contribution in [2.24, 2.45) is 4.99 Å². The van der Waals surface area contributed by atoms with E-state index >= 15 is 0 Å². The van der Waals surface area contributed by atoms with Gasteiger partial charge in [-0.15, -0.1) is 10.2 Å². The highest BCUT2D eigenvalue weighted by molar-refractivity contribution is 5.88. The van der Waals surface area contributed by atoms with Crippen LogP contribution in [0.2, 0.25) is 0 Å². The van der Waals surface area contributed by atoms with Gasteiger partial charge in [-0.3, -0.25) is 0 Å². The van der Waals surface area contributed by atoms with Crippen LogP contribution in [0.15, 0.2) is 74.4 Å². The van der Waals surface area contributed by atoms with Crippen LogP contribution in [-0.2, 0) is 6.42 Å². The number of hydrogen-bond acceptors (Lipinski definition) is 8. The van der Waals surface area contributed by atoms with Gasteiger partial charge < -0.3 is 18.9 Å². The lowest BCUT2D eigenvalue weighted by atomic mass is 9.98. The summed E-state index contributed by atoms with van der Waals surface area (Å²) >= 11 is 0. The predicted octanol–water partition coefficient (Wildman–Crippen LogP) is 6.47. The lowest BCUT2D eigenvalue weighted by molar-refractivity contribution is 0.299. The van der Waals surface area contributed by atoms with Gasteiger partial charge in [-0.25, -0.2) is 4.99 Å². The normalized spacial score (nSPS) is 14.9. The van der Waals surface area contributed by atoms with E-state index < -0.39 is 0 Å². The molecule has 186 valence electrons. The maximum absolute atomic E-state index is 10.9. The number of aromatic nitrogens is 3. The zero-order chi connectivity index (χ0) is 24.9. The van der Waals surface area contributed by atoms with Crippen molar-refractivity contribution in [3.63, 3.8) is 0 Å². The molecule has 0 amide bonds. The van der Waals surface area contributed by atoms with Crippen LogP contribution in [-0.4, -0.2) is 37.7 Å². The summed E-state index contributed by atoms with van der Waals surface area (Å²) in [6.07, 6.45) is 5.19. The molecule has 36 heavy (non-hydrogen) atoms. The van der Waals surface area contributed by atoms with Crippen LogP contribution in [0, 0.1) is 0 Å². The van der Waals surface area contributed by atoms with Crippen LogP contribution in [0.3, 0.4) is 0 Å². The van der Waals surface area contributed by atoms with E-state index in [4.69, 9.17) is 8.94 Å². The highest BCUT2D eigenvalue weighted by Crippen LogP contribution is 2.34. The standard InChI is InChI=1S/C28H31N5O3/c1-3-5-16-25-29-27(34)21(18-33(25)23(11-4-2)19-12-7-6-8-13-19)28-31-30-26(35-28)17-22-20-14-9-10-15-24(20)36-32-22/h6-10,12-15,23,34H,3-5,11,16-18H2,1-2H3/t23-/m0/s1. The second kappa shape index (κ2) is 10.8. The van der Waals surface area contributed by atoms with Gasteiger partial charge in [-0.2, -0.15) is 0 Å². The van der Waals surface area contributed by atoms with E-state index in [0.29, 0.717) is 30.0 Å². The van der Waals surface area contributed by atoms with Crippen molar-refractivity contribution in [2.75, 3.05) is 6.54 Å². The molecule has 0 fully saturated rings. The second-order valence-electron chi connectivity index (χ2n) is 9.08. The van der Waals surface area contributed by atoms with E-state index in [0.717, 1.165) is 49.0 Å². The molecular formula is C28H31N5O3. The quantitative estimate of drug-likeness (QED) is 0.274. The third-order valence-corrected chi connectivity index (χ3v) is 6.54. The lowest BCUT2D eigenvalue weighted by Gasteiger charge is -2.37. The highest BCUT2D eigenvalue weighted by atomic mass is 16.5. The number of para-hydroxylation sites is 1. The van der Waals surface area contributed by atoms with Gasteiger partial charge in [-0.05, 0) is 30.5 Å². The highest BCUT2D eigenvalue weighted by Gasteiger charge is 2.31. The Morgan fingerprint density at radius 2 is 1.81 bits per heavy atom. The molecule has 0 spiro atoms. The summed E-state index contributed by atoms with van der Waals surface area (Å²) < 4.78 is 11.4. The molecule has 0 aliphatic carbocycles. The first-order valence-corrected chi connectivity index (χ1v) is 12.6. The molecule has 0 bridgehead atoms. The number of amidine groups is 1. The van der Waals surface area contributed by atoms with Gasteiger partial charge in [0.2, 0.25) is 11.8 Å². The summed E-state index contributed by atoms with van der Waals surface area (Å²) in [7, 11) is 0. The Kier molecular flexibility index (Phi) is 7.11. The number of fused-ring (bicyclic) bond motifs is 1. The third-order valence-electron chi connectivity index (χ3n) is 6.54. The monoisotopic (exact) mass is 485 g/mol. The Morgan fingerprint density at radius 1 is 1.00 bits per heavy atom. The van der Waals surface area contributed by atoms with Crippen molar-refractivity contribution >= 4 is 22.4 Å². The number of nitrogens with zero attached hydrogens (tertiary/aromatic N) is 5. The van der Waals surface area contributed by atoms with E-state index in [1.165, 1.54) is 5.56 Å². The van der Waals surface area contributed by atoms with Crippen LogP contribution in [0.1, 0.15) is 75.0 Å². The molecule has 2 aromatic carbocycles. The molecule has 0 unspecified atom stereocenters. The van der Waals surface area contributed by atoms with Crippen LogP contribution in [0.25, 0.3) is 16.5 Å². The number of aliphatic imine (C=N–C) groups is 1. The number of aliphatic hydroxyl groups is 1. The van der Waals surface area contributed by atoms with E-state index in [1.807, 2.05) is 30.3 Å². The molecule has 1 aliphatic heterocycles. The minimum absolute atomic E-state index is 0.0530. The average molecular weight is 486 g/mol. The molecular weight excluding hydrogens is 454 g/mol. The van der Waals surface area contributed by atoms with E-state index in [9.17, 15) is 5.11 Å². The molecule has 1 N–H and O–H groups in total. The van der Waals surface area contributed by atoms with Gasteiger partial charge in [-0.1, -0.05) is 74.3 Å². The third kappa shape index (κ3) is 4.89. The molecule has 5 rings (SSSR count). The SMILES string of the molecule is CCCCC1=NC(O)=C(c2nnc(Cc3noc4ccccc34)o2)CN1[C@@H](CCC)c1ccccc1. The molecule has 8 nitrogen and oxygen atoms in total. The molecule has 1 atom stereocenters. The first kappa shape index (κ1) is 23.8. The fraction of sp³-hybridized carbons (Fsp3) is 0.357. The topological polar surface area (TPSA) is 101 Å². The zero-order valence-electron chi connectivity index (χ0n) is 20.7. The van der Waals surface area contributed by atoms with Crippen LogP contribution in [0.4, 0.5) is 0 Å². The number of unbranched alkanes of at least 4 members (excludes halogenated alkanes) is 1. The van der Waals surface area contributed by atoms with Crippen LogP contribution < -0.4 is 0 Å². The van der Waals surface area contributed by atoms with Gasteiger partial charge in [0, 0.05) is 11.8 Å². The fourth-order valence-corrected chi connectivity index (χ4v) is 4.68. The Balaban J connectivity index is 1.44. The molecule has 2 aromatic heterocycles. The Morgan fingerprint density at radius 3 is 2.61 bits per heavy atom. The lowest BCUT2D eigenvalue weighted by Crippen LogP contribution is -2.39. The fourth-order valence-electron chi connectivity index (χ4n) is 4.68. The molecule has 0 radical (unpaired) electrons. The largest absolute Gasteiger partial charge is 0.493 e. The van der Waals surface area contributed by atoms with Gasteiger partial charge in [0.15, 0.2) is 5.58 Å². The van der Waals surface area contributed by atoms with Crippen molar-refractivity contribution < 1.29 is 14.0 Å². The second-order valence-corrected chi connectivity index (χ2v) is 9.08. The minimum Gasteiger partial charge on any atom is -0.493 e. The zero-order valence-corrected chi connectivity index (χ0v) is 20.7. The van der Waals surface area contributed by atoms with Crippen molar-refractivity contribution in [3.8, 4) is 0 Å². The first-order chi connectivity index (χ1) is 17.7. The minimum atomic E-state index is -0.0530. The smallest absolute Gasteiger partial charge is 0.250 e. The first-order valence-electron chi connectivity index (χ1n) is 12.6. The number of rotatable bonds is 10. The number of hydrogen-bond donors (Lipinski definition) is 1. The maximum Gasteiger partial charge on any atom is 0.250 e. The van der Waals surface area contributed by atoms with Crippen molar-refractivity contribution in [3.05, 3.63) is 83.5 Å². The Hall–Kier alpha value is -3.94. The number of aliphatic hydroxyl groups excluding tert-OH is 1. The van der Waals surface area contributed by atoms with E-state index in [2.05, 4.69) is 63.4 Å². The summed E-state index contributed by atoms with van der Waals surface area (Å²) in [5.41, 5.74) is 3.22. The molecule has 8 heteroatoms. The van der Waals surface area contributed by atoms with Crippen LogP contribution >= 0.6 is 0 Å². The predicted molar refractivity (Wildman–Crippen MR) is 138 cm³/mol. The molecule has 4 aromatic rings. The van der Waals surface area contributed by atoms with E-state index in [1.54, 1.807) is 0 Å². The molecule has 0 saturated carbocycles. The maximum atomic E-state index is 10.9. The number of benzene rings is 2. The van der Waals surface area contributed by atoms with Crippen LogP contribution in [0.5, 0.6) is 0 Å². The van der Waals surface area contributed by atoms with Crippen molar-refractivity contribution in [1.82, 2.24) is 20.3 Å². The summed E-state index contributed by atoms with van der Waals surface area (Å²) in [5, 5.41) is 24.5.